The third kappa shape index (κ3) is 5.49. The quantitative estimate of drug-likeness (QED) is 0.439. The van der Waals surface area contributed by atoms with Gasteiger partial charge in [0, 0.05) is 36.5 Å². The molecule has 0 radical (unpaired) electrons. The Hall–Kier alpha value is -3.73. The summed E-state index contributed by atoms with van der Waals surface area (Å²) in [6.07, 6.45) is -4.32. The summed E-state index contributed by atoms with van der Waals surface area (Å²) in [5.41, 5.74) is 1.46. The maximum absolute atomic E-state index is 12.6. The van der Waals surface area contributed by atoms with E-state index in [9.17, 15) is 13.2 Å². The molecule has 3 N–H and O–H groups in total. The van der Waals surface area contributed by atoms with Gasteiger partial charge in [-0.25, -0.2) is 4.98 Å². The van der Waals surface area contributed by atoms with Gasteiger partial charge in [0.1, 0.15) is 11.6 Å². The third-order valence-electron chi connectivity index (χ3n) is 4.35. The Morgan fingerprint density at radius 3 is 2.69 bits per heavy atom. The molecule has 0 saturated carbocycles. The van der Waals surface area contributed by atoms with Gasteiger partial charge in [-0.15, -0.1) is 13.2 Å². The Morgan fingerprint density at radius 2 is 1.88 bits per heavy atom. The summed E-state index contributed by atoms with van der Waals surface area (Å²) >= 11 is 0. The van der Waals surface area contributed by atoms with Crippen LogP contribution in [0.5, 0.6) is 17.2 Å². The van der Waals surface area contributed by atoms with Gasteiger partial charge in [-0.2, -0.15) is 4.98 Å². The van der Waals surface area contributed by atoms with Crippen LogP contribution in [0.25, 0.3) is 11.3 Å². The van der Waals surface area contributed by atoms with Crippen LogP contribution in [-0.4, -0.2) is 41.4 Å². The lowest BCUT2D eigenvalue weighted by Crippen LogP contribution is -2.17. The molecule has 2 aromatic carbocycles. The van der Waals surface area contributed by atoms with Crippen LogP contribution in [0.1, 0.15) is 6.42 Å². The number of aliphatic hydroxyl groups excluding tert-OH is 1. The van der Waals surface area contributed by atoms with E-state index in [0.29, 0.717) is 47.2 Å². The number of rotatable bonds is 8. The highest BCUT2D eigenvalue weighted by Crippen LogP contribution is 2.35. The van der Waals surface area contributed by atoms with E-state index >= 15 is 0 Å². The number of nitrogens with one attached hydrogen (secondary N) is 2. The van der Waals surface area contributed by atoms with Gasteiger partial charge < -0.3 is 30.0 Å². The maximum Gasteiger partial charge on any atom is 0.573 e. The molecule has 3 aromatic rings. The number of benzene rings is 2. The minimum Gasteiger partial charge on any atom is -0.454 e. The van der Waals surface area contributed by atoms with Crippen LogP contribution >= 0.6 is 0 Å². The van der Waals surface area contributed by atoms with E-state index in [-0.39, 0.29) is 25.1 Å². The predicted octanol–water partition coefficient (Wildman–Crippen LogP) is 4.31. The lowest BCUT2D eigenvalue weighted by Gasteiger charge is -2.13. The molecule has 0 saturated heterocycles. The van der Waals surface area contributed by atoms with Crippen molar-refractivity contribution in [2.75, 3.05) is 30.6 Å². The van der Waals surface area contributed by atoms with E-state index in [1.165, 1.54) is 18.2 Å². The molecule has 2 heterocycles. The summed E-state index contributed by atoms with van der Waals surface area (Å²) in [7, 11) is 0. The average molecular weight is 448 g/mol. The zero-order valence-electron chi connectivity index (χ0n) is 16.6. The van der Waals surface area contributed by atoms with Gasteiger partial charge >= 0.3 is 6.36 Å². The highest BCUT2D eigenvalue weighted by molar-refractivity contribution is 5.69. The first kappa shape index (κ1) is 21.5. The van der Waals surface area contributed by atoms with Crippen molar-refractivity contribution in [3.63, 3.8) is 0 Å². The first-order valence-electron chi connectivity index (χ1n) is 9.66. The Morgan fingerprint density at radius 1 is 1.03 bits per heavy atom. The number of halogens is 3. The summed E-state index contributed by atoms with van der Waals surface area (Å²) in [6.45, 7) is 0.554. The minimum absolute atomic E-state index is 0.00811. The van der Waals surface area contributed by atoms with E-state index in [1.807, 2.05) is 0 Å². The summed E-state index contributed by atoms with van der Waals surface area (Å²) < 4.78 is 52.5. The van der Waals surface area contributed by atoms with Crippen LogP contribution in [-0.2, 0) is 0 Å². The van der Waals surface area contributed by atoms with Crippen LogP contribution < -0.4 is 24.8 Å². The van der Waals surface area contributed by atoms with Gasteiger partial charge in [0.05, 0.1) is 5.69 Å². The molecule has 0 fully saturated rings. The van der Waals surface area contributed by atoms with Crippen molar-refractivity contribution in [3.05, 3.63) is 48.5 Å². The smallest absolute Gasteiger partial charge is 0.454 e. The number of alkyl halides is 3. The molecule has 11 heteroatoms. The molecular weight excluding hydrogens is 429 g/mol. The van der Waals surface area contributed by atoms with Crippen LogP contribution in [0, 0.1) is 0 Å². The molecule has 4 rings (SSSR count). The summed E-state index contributed by atoms with van der Waals surface area (Å²) in [5, 5.41) is 15.1. The lowest BCUT2D eigenvalue weighted by atomic mass is 10.1. The van der Waals surface area contributed by atoms with E-state index in [1.54, 1.807) is 30.3 Å². The number of aromatic nitrogens is 2. The van der Waals surface area contributed by atoms with Gasteiger partial charge in [0.25, 0.3) is 0 Å². The largest absolute Gasteiger partial charge is 0.573 e. The molecule has 0 atom stereocenters. The predicted molar refractivity (Wildman–Crippen MR) is 110 cm³/mol. The number of fused-ring (bicyclic) bond motifs is 1. The first-order chi connectivity index (χ1) is 15.4. The van der Waals surface area contributed by atoms with Gasteiger partial charge in [-0.3, -0.25) is 0 Å². The van der Waals surface area contributed by atoms with Crippen molar-refractivity contribution < 1.29 is 32.5 Å². The van der Waals surface area contributed by atoms with Gasteiger partial charge in [0.2, 0.25) is 12.7 Å². The standard InChI is InChI=1S/C21H19F3N4O4/c22-21(23,24)32-15-4-1-3-13(9-15)16-11-19(28-20(27-16)25-7-2-8-29)26-14-5-6-17-18(10-14)31-12-30-17/h1,3-6,9-11,29H,2,7-8,12H2,(H2,25,26,27,28). The van der Waals surface area contributed by atoms with E-state index in [0.717, 1.165) is 0 Å². The first-order valence-corrected chi connectivity index (χ1v) is 9.66. The summed E-state index contributed by atoms with van der Waals surface area (Å²) in [5.74, 6) is 1.52. The van der Waals surface area contributed by atoms with Crippen LogP contribution in [0.4, 0.5) is 30.6 Å². The molecule has 0 spiro atoms. The normalized spacial score (nSPS) is 12.5. The second kappa shape index (κ2) is 9.18. The Kier molecular flexibility index (Phi) is 6.17. The molecule has 1 aromatic heterocycles. The van der Waals surface area contributed by atoms with Crippen molar-refractivity contribution in [1.29, 1.82) is 0 Å². The number of nitrogens with zero attached hydrogens (tertiary/aromatic N) is 2. The fraction of sp³-hybridized carbons (Fsp3) is 0.238. The van der Waals surface area contributed by atoms with Crippen molar-refractivity contribution in [3.8, 4) is 28.5 Å². The monoisotopic (exact) mass is 448 g/mol. The average Bonchev–Trinajstić information content (AvgIpc) is 3.21. The van der Waals surface area contributed by atoms with Crippen LogP contribution in [0.15, 0.2) is 48.5 Å². The molecular formula is C21H19F3N4O4. The fourth-order valence-corrected chi connectivity index (χ4v) is 2.99. The van der Waals surface area contributed by atoms with Gasteiger partial charge in [-0.05, 0) is 30.7 Å². The minimum atomic E-state index is -4.80. The number of anilines is 3. The molecule has 0 amide bonds. The highest BCUT2D eigenvalue weighted by Gasteiger charge is 2.31. The lowest BCUT2D eigenvalue weighted by molar-refractivity contribution is -0.274. The van der Waals surface area contributed by atoms with Crippen LogP contribution in [0.2, 0.25) is 0 Å². The van der Waals surface area contributed by atoms with E-state index < -0.39 is 6.36 Å². The van der Waals surface area contributed by atoms with E-state index in [4.69, 9.17) is 14.6 Å². The maximum atomic E-state index is 12.6. The van der Waals surface area contributed by atoms with Crippen molar-refractivity contribution in [2.24, 2.45) is 0 Å². The van der Waals surface area contributed by atoms with Gasteiger partial charge in [0.15, 0.2) is 11.5 Å². The number of hydrogen-bond acceptors (Lipinski definition) is 8. The molecule has 0 bridgehead atoms. The summed E-state index contributed by atoms with van der Waals surface area (Å²) in [4.78, 5) is 8.79. The molecule has 0 aliphatic carbocycles. The number of ether oxygens (including phenoxy) is 3. The van der Waals surface area contributed by atoms with Gasteiger partial charge in [-0.1, -0.05) is 12.1 Å². The number of hydrogen-bond donors (Lipinski definition) is 3. The fourth-order valence-electron chi connectivity index (χ4n) is 2.99. The van der Waals surface area contributed by atoms with E-state index in [2.05, 4.69) is 25.3 Å². The second-order valence-corrected chi connectivity index (χ2v) is 6.73. The zero-order valence-corrected chi connectivity index (χ0v) is 16.6. The zero-order chi connectivity index (χ0) is 22.6. The molecule has 8 nitrogen and oxygen atoms in total. The van der Waals surface area contributed by atoms with Crippen molar-refractivity contribution >= 4 is 17.5 Å². The Bertz CT molecular complexity index is 1090. The van der Waals surface area contributed by atoms with Crippen molar-refractivity contribution in [2.45, 2.75) is 12.8 Å². The molecule has 1 aliphatic rings. The number of aliphatic hydroxyl groups is 1. The Labute approximate surface area is 181 Å². The Balaban J connectivity index is 1.64. The SMILES string of the molecule is OCCCNc1nc(Nc2ccc3c(c2)OCO3)cc(-c2cccc(OC(F)(F)F)c2)n1. The highest BCUT2D eigenvalue weighted by atomic mass is 19.4. The van der Waals surface area contributed by atoms with Crippen LogP contribution in [0.3, 0.4) is 0 Å². The molecule has 168 valence electrons. The summed E-state index contributed by atoms with van der Waals surface area (Å²) in [6, 6.07) is 12.4. The third-order valence-corrected chi connectivity index (χ3v) is 4.35. The topological polar surface area (TPSA) is 97.8 Å². The molecule has 0 unspecified atom stereocenters. The molecule has 1 aliphatic heterocycles. The second-order valence-electron chi connectivity index (χ2n) is 6.73. The van der Waals surface area contributed by atoms with Crippen molar-refractivity contribution in [1.82, 2.24) is 9.97 Å². The molecule has 32 heavy (non-hydrogen) atoms.